The molecule has 2 atom stereocenters. The minimum atomic E-state index is -1.07. The van der Waals surface area contributed by atoms with Crippen LogP contribution >= 0.6 is 11.8 Å². The predicted molar refractivity (Wildman–Crippen MR) is 128 cm³/mol. The van der Waals surface area contributed by atoms with Gasteiger partial charge in [-0.2, -0.15) is 5.26 Å². The van der Waals surface area contributed by atoms with E-state index in [1.54, 1.807) is 42.5 Å². The van der Waals surface area contributed by atoms with Gasteiger partial charge < -0.3 is 10.4 Å². The summed E-state index contributed by atoms with van der Waals surface area (Å²) in [6, 6.07) is 22.6. The molecule has 3 aromatic rings. The molecule has 0 bridgehead atoms. The van der Waals surface area contributed by atoms with Crippen molar-refractivity contribution in [3.63, 3.8) is 0 Å². The first-order chi connectivity index (χ1) is 15.4. The number of carbonyl (C=O) groups excluding carboxylic acids is 1. The molecule has 162 valence electrons. The molecule has 5 nitrogen and oxygen atoms in total. The van der Waals surface area contributed by atoms with Gasteiger partial charge in [-0.25, -0.2) is 4.79 Å². The summed E-state index contributed by atoms with van der Waals surface area (Å²) >= 11 is 0.872. The van der Waals surface area contributed by atoms with E-state index in [4.69, 9.17) is 0 Å². The van der Waals surface area contributed by atoms with Crippen molar-refractivity contribution in [1.82, 2.24) is 0 Å². The van der Waals surface area contributed by atoms with E-state index in [2.05, 4.69) is 24.6 Å². The summed E-state index contributed by atoms with van der Waals surface area (Å²) in [5.74, 6) is -0.922. The van der Waals surface area contributed by atoms with E-state index in [0.29, 0.717) is 17.2 Å². The molecule has 3 aromatic carbocycles. The summed E-state index contributed by atoms with van der Waals surface area (Å²) in [5, 5.41) is 23.6. The summed E-state index contributed by atoms with van der Waals surface area (Å²) < 4.78 is 0. The van der Waals surface area contributed by atoms with E-state index >= 15 is 0 Å². The van der Waals surface area contributed by atoms with E-state index in [0.717, 1.165) is 22.9 Å². The van der Waals surface area contributed by atoms with Crippen molar-refractivity contribution in [2.24, 2.45) is 0 Å². The molecule has 0 radical (unpaired) electrons. The smallest absolute Gasteiger partial charge is 0.337 e. The molecule has 6 heteroatoms. The first kappa shape index (κ1) is 23.1. The van der Waals surface area contributed by atoms with Crippen LogP contribution in [-0.4, -0.2) is 22.1 Å². The number of nitrogens with zero attached hydrogens (tertiary/aromatic N) is 1. The Labute approximate surface area is 192 Å². The van der Waals surface area contributed by atoms with Crippen LogP contribution in [0.5, 0.6) is 0 Å². The van der Waals surface area contributed by atoms with Crippen molar-refractivity contribution in [1.29, 1.82) is 5.26 Å². The zero-order chi connectivity index (χ0) is 23.1. The van der Waals surface area contributed by atoms with Crippen molar-refractivity contribution in [2.75, 3.05) is 5.32 Å². The molecule has 0 fully saturated rings. The van der Waals surface area contributed by atoms with Crippen molar-refractivity contribution in [3.05, 3.63) is 101 Å². The van der Waals surface area contributed by atoms with E-state index < -0.39 is 17.3 Å². The first-order valence-electron chi connectivity index (χ1n) is 10.2. The van der Waals surface area contributed by atoms with Gasteiger partial charge in [0.1, 0.15) is 10.7 Å². The molecular formula is C26H24N2O3S. The Morgan fingerprint density at radius 2 is 1.50 bits per heavy atom. The van der Waals surface area contributed by atoms with Crippen LogP contribution in [0.2, 0.25) is 0 Å². The average Bonchev–Trinajstić information content (AvgIpc) is 2.81. The number of nitriles is 1. The molecule has 0 amide bonds. The highest BCUT2D eigenvalue weighted by molar-refractivity contribution is 8.05. The third-order valence-corrected chi connectivity index (χ3v) is 6.08. The van der Waals surface area contributed by atoms with Gasteiger partial charge in [0, 0.05) is 11.3 Å². The Morgan fingerprint density at radius 3 is 2.09 bits per heavy atom. The van der Waals surface area contributed by atoms with E-state index in [1.165, 1.54) is 6.07 Å². The molecule has 0 spiro atoms. The largest absolute Gasteiger partial charge is 0.478 e. The highest BCUT2D eigenvalue weighted by Gasteiger charge is 2.32. The lowest BCUT2D eigenvalue weighted by atomic mass is 9.94. The number of carbonyl (C=O) groups is 2. The molecule has 0 saturated heterocycles. The van der Waals surface area contributed by atoms with E-state index in [9.17, 15) is 20.0 Å². The van der Waals surface area contributed by atoms with Crippen LogP contribution in [0.15, 0.2) is 78.9 Å². The Balaban J connectivity index is 2.08. The zero-order valence-corrected chi connectivity index (χ0v) is 18.7. The number of hydrogen-bond acceptors (Lipinski definition) is 5. The maximum Gasteiger partial charge on any atom is 0.337 e. The molecule has 0 aromatic heterocycles. The van der Waals surface area contributed by atoms with Crippen LogP contribution < -0.4 is 5.32 Å². The maximum absolute atomic E-state index is 13.4. The number of para-hydroxylation sites is 1. The lowest BCUT2D eigenvalue weighted by Gasteiger charge is -2.27. The number of ketones is 1. The minimum absolute atomic E-state index is 0.101. The van der Waals surface area contributed by atoms with Crippen LogP contribution in [0.25, 0.3) is 0 Å². The number of nitrogens with one attached hydrogen (secondary N) is 1. The number of thiocyanates is 1. The summed E-state index contributed by atoms with van der Waals surface area (Å²) in [6.45, 7) is 4.20. The minimum Gasteiger partial charge on any atom is -0.478 e. The van der Waals surface area contributed by atoms with Gasteiger partial charge in [0.25, 0.3) is 0 Å². The summed E-state index contributed by atoms with van der Waals surface area (Å²) in [5.41, 5.74) is 2.94. The van der Waals surface area contributed by atoms with Crippen LogP contribution in [0.3, 0.4) is 0 Å². The quantitative estimate of drug-likeness (QED) is 0.305. The topological polar surface area (TPSA) is 90.2 Å². The van der Waals surface area contributed by atoms with Crippen molar-refractivity contribution >= 4 is 29.2 Å². The second-order valence-electron chi connectivity index (χ2n) is 7.65. The predicted octanol–water partition coefficient (Wildman–Crippen LogP) is 6.13. The van der Waals surface area contributed by atoms with Gasteiger partial charge in [-0.1, -0.05) is 80.6 Å². The fourth-order valence-corrected chi connectivity index (χ4v) is 4.20. The van der Waals surface area contributed by atoms with E-state index in [1.807, 2.05) is 30.3 Å². The van der Waals surface area contributed by atoms with Crippen molar-refractivity contribution in [2.45, 2.75) is 31.1 Å². The monoisotopic (exact) mass is 444 g/mol. The van der Waals surface area contributed by atoms with Crippen LogP contribution in [0.1, 0.15) is 57.7 Å². The molecule has 0 heterocycles. The molecule has 0 saturated carbocycles. The number of thioether (sulfide) groups is 1. The molecule has 2 N–H and O–H groups in total. The van der Waals surface area contributed by atoms with Crippen LogP contribution in [0, 0.1) is 10.7 Å². The summed E-state index contributed by atoms with van der Waals surface area (Å²) in [4.78, 5) is 25.2. The third kappa shape index (κ3) is 5.37. The van der Waals surface area contributed by atoms with Gasteiger partial charge >= 0.3 is 5.97 Å². The molecule has 0 unspecified atom stereocenters. The Bertz CT molecular complexity index is 1120. The van der Waals surface area contributed by atoms with Gasteiger partial charge in [-0.15, -0.1) is 0 Å². The fraction of sp³-hybridized carbons (Fsp3) is 0.192. The fourth-order valence-electron chi connectivity index (χ4n) is 3.48. The number of carboxylic acid groups (broad SMARTS) is 1. The van der Waals surface area contributed by atoms with Crippen LogP contribution in [0.4, 0.5) is 5.69 Å². The standard InChI is InChI=1S/C26H24N2O3S/c1-17(2)18-12-14-19(15-13-18)23(28-22-11-7-6-10-21(22)26(30)31)25(32-16-27)24(29)20-8-4-3-5-9-20/h3-15,17,23,25,28H,1-2H3,(H,30,31)/t23-,25-/m0/s1. The third-order valence-electron chi connectivity index (χ3n) is 5.23. The molecule has 32 heavy (non-hydrogen) atoms. The number of hydrogen-bond donors (Lipinski definition) is 2. The molecule has 0 aliphatic carbocycles. The van der Waals surface area contributed by atoms with Gasteiger partial charge in [-0.05, 0) is 40.9 Å². The number of anilines is 1. The highest BCUT2D eigenvalue weighted by Crippen LogP contribution is 2.34. The van der Waals surface area contributed by atoms with Gasteiger partial charge in [0.15, 0.2) is 5.78 Å². The Hall–Kier alpha value is -3.56. The molecular weight excluding hydrogens is 420 g/mol. The SMILES string of the molecule is CC(C)c1ccc([C@H](Nc2ccccc2C(=O)O)[C@H](SC#N)C(=O)c2ccccc2)cc1. The summed E-state index contributed by atoms with van der Waals surface area (Å²) in [7, 11) is 0. The number of Topliss-reactive ketones (excluding diaryl/α,β-unsaturated/α-hetero) is 1. The zero-order valence-electron chi connectivity index (χ0n) is 17.9. The lowest BCUT2D eigenvalue weighted by molar-refractivity contribution is 0.0697. The average molecular weight is 445 g/mol. The molecule has 0 aliphatic rings. The van der Waals surface area contributed by atoms with E-state index in [-0.39, 0.29) is 11.3 Å². The number of aromatic carboxylic acids is 1. The Kier molecular flexibility index (Phi) is 7.69. The Morgan fingerprint density at radius 1 is 0.906 bits per heavy atom. The highest BCUT2D eigenvalue weighted by atomic mass is 32.2. The summed E-state index contributed by atoms with van der Waals surface area (Å²) in [6.07, 6.45) is 0. The number of carboxylic acids is 1. The second kappa shape index (κ2) is 10.7. The lowest BCUT2D eigenvalue weighted by Crippen LogP contribution is -2.31. The van der Waals surface area contributed by atoms with Gasteiger partial charge in [0.05, 0.1) is 11.6 Å². The number of benzene rings is 3. The second-order valence-corrected chi connectivity index (χ2v) is 8.58. The number of rotatable bonds is 9. The first-order valence-corrected chi connectivity index (χ1v) is 11.1. The normalized spacial score (nSPS) is 12.6. The van der Waals surface area contributed by atoms with Crippen molar-refractivity contribution in [3.8, 4) is 5.40 Å². The molecule has 0 aliphatic heterocycles. The van der Waals surface area contributed by atoms with Gasteiger partial charge in [0.2, 0.25) is 0 Å². The van der Waals surface area contributed by atoms with Crippen molar-refractivity contribution < 1.29 is 14.7 Å². The van der Waals surface area contributed by atoms with Gasteiger partial charge in [-0.3, -0.25) is 4.79 Å². The van der Waals surface area contributed by atoms with Crippen LogP contribution in [-0.2, 0) is 0 Å². The maximum atomic E-state index is 13.4. The molecule has 3 rings (SSSR count).